The Balaban J connectivity index is 1.98. The van der Waals surface area contributed by atoms with E-state index >= 15 is 0 Å². The second-order valence-corrected chi connectivity index (χ2v) is 5.63. The highest BCUT2D eigenvalue weighted by molar-refractivity contribution is 9.10. The molecule has 5 heteroatoms. The quantitative estimate of drug-likeness (QED) is 0.737. The van der Waals surface area contributed by atoms with Crippen molar-refractivity contribution in [3.05, 3.63) is 28.0 Å². The van der Waals surface area contributed by atoms with E-state index < -0.39 is 0 Å². The Morgan fingerprint density at radius 3 is 3.06 bits per heavy atom. The van der Waals surface area contributed by atoms with Crippen molar-refractivity contribution >= 4 is 22.0 Å². The Kier molecular flexibility index (Phi) is 2.40. The van der Waals surface area contributed by atoms with Crippen molar-refractivity contribution in [3.8, 4) is 0 Å². The van der Waals surface area contributed by atoms with E-state index in [-0.39, 0.29) is 11.6 Å². The Morgan fingerprint density at radius 1 is 1.53 bits per heavy atom. The molecule has 4 nitrogen and oxygen atoms in total. The van der Waals surface area contributed by atoms with E-state index in [2.05, 4.69) is 20.9 Å². The molecule has 2 aliphatic rings. The summed E-state index contributed by atoms with van der Waals surface area (Å²) in [5, 5.41) is 0. The van der Waals surface area contributed by atoms with Crippen LogP contribution in [0.3, 0.4) is 0 Å². The average Bonchev–Trinajstić information content (AvgIpc) is 2.59. The SMILES string of the molecule is CN1C(=O)OCC12CCc1c(Br)cncc1C2. The third-order valence-electron chi connectivity index (χ3n) is 3.90. The van der Waals surface area contributed by atoms with E-state index in [9.17, 15) is 4.79 Å². The molecule has 1 amide bonds. The molecule has 17 heavy (non-hydrogen) atoms. The van der Waals surface area contributed by atoms with E-state index in [1.165, 1.54) is 11.1 Å². The summed E-state index contributed by atoms with van der Waals surface area (Å²) in [4.78, 5) is 17.5. The lowest BCUT2D eigenvalue weighted by molar-refractivity contribution is 0.160. The van der Waals surface area contributed by atoms with Crippen molar-refractivity contribution in [2.45, 2.75) is 24.8 Å². The molecule has 1 aliphatic heterocycles. The normalized spacial score (nSPS) is 27.2. The van der Waals surface area contributed by atoms with Gasteiger partial charge in [0.25, 0.3) is 0 Å². The lowest BCUT2D eigenvalue weighted by Crippen LogP contribution is -2.49. The molecule has 2 heterocycles. The van der Waals surface area contributed by atoms with Crippen LogP contribution in [0.15, 0.2) is 16.9 Å². The molecule has 0 saturated carbocycles. The number of cyclic esters (lactones) is 1. The minimum atomic E-state index is -0.212. The number of hydrogen-bond acceptors (Lipinski definition) is 3. The smallest absolute Gasteiger partial charge is 0.410 e. The second-order valence-electron chi connectivity index (χ2n) is 4.77. The molecule has 1 aromatic rings. The highest BCUT2D eigenvalue weighted by Crippen LogP contribution is 2.38. The first-order chi connectivity index (χ1) is 8.12. The van der Waals surface area contributed by atoms with E-state index in [0.717, 1.165) is 23.7 Å². The fourth-order valence-corrected chi connectivity index (χ4v) is 3.30. The van der Waals surface area contributed by atoms with Gasteiger partial charge in [0.15, 0.2) is 0 Å². The summed E-state index contributed by atoms with van der Waals surface area (Å²) in [6, 6.07) is 0. The summed E-state index contributed by atoms with van der Waals surface area (Å²) in [7, 11) is 1.83. The number of aromatic nitrogens is 1. The van der Waals surface area contributed by atoms with E-state index in [1.807, 2.05) is 19.4 Å². The molecule has 1 spiro atoms. The largest absolute Gasteiger partial charge is 0.447 e. The van der Waals surface area contributed by atoms with Crippen LogP contribution < -0.4 is 0 Å². The highest BCUT2D eigenvalue weighted by atomic mass is 79.9. The van der Waals surface area contributed by atoms with Crippen LogP contribution in [0.4, 0.5) is 4.79 Å². The second kappa shape index (κ2) is 3.70. The number of likely N-dealkylation sites (N-methyl/N-ethyl adjacent to an activating group) is 1. The minimum absolute atomic E-state index is 0.160. The summed E-state index contributed by atoms with van der Waals surface area (Å²) in [5.41, 5.74) is 2.38. The summed E-state index contributed by atoms with van der Waals surface area (Å²) < 4.78 is 6.23. The minimum Gasteiger partial charge on any atom is -0.447 e. The number of fused-ring (bicyclic) bond motifs is 1. The van der Waals surface area contributed by atoms with Crippen molar-refractivity contribution in [2.75, 3.05) is 13.7 Å². The lowest BCUT2D eigenvalue weighted by Gasteiger charge is -2.37. The Morgan fingerprint density at radius 2 is 2.35 bits per heavy atom. The topological polar surface area (TPSA) is 42.4 Å². The molecular weight excluding hydrogens is 284 g/mol. The maximum absolute atomic E-state index is 11.5. The standard InChI is InChI=1S/C12H13BrN2O2/c1-15-11(16)17-7-12(15)3-2-9-8(4-12)5-14-6-10(9)13/h5-6H,2-4,7H2,1H3. The van der Waals surface area contributed by atoms with Crippen LogP contribution in [0.2, 0.25) is 0 Å². The predicted molar refractivity (Wildman–Crippen MR) is 65.8 cm³/mol. The van der Waals surface area contributed by atoms with Gasteiger partial charge < -0.3 is 9.64 Å². The molecule has 0 bridgehead atoms. The van der Waals surface area contributed by atoms with E-state index in [1.54, 1.807) is 4.90 Å². The molecule has 1 unspecified atom stereocenters. The Hall–Kier alpha value is -1.10. The fraction of sp³-hybridized carbons (Fsp3) is 0.500. The zero-order valence-electron chi connectivity index (χ0n) is 9.57. The van der Waals surface area contributed by atoms with Gasteiger partial charge in [0.2, 0.25) is 0 Å². The van der Waals surface area contributed by atoms with Crippen molar-refractivity contribution < 1.29 is 9.53 Å². The number of ether oxygens (including phenoxy) is 1. The maximum atomic E-state index is 11.5. The highest BCUT2D eigenvalue weighted by Gasteiger charge is 2.47. The van der Waals surface area contributed by atoms with E-state index in [4.69, 9.17) is 4.74 Å². The number of nitrogens with zero attached hydrogens (tertiary/aromatic N) is 2. The molecule has 90 valence electrons. The zero-order chi connectivity index (χ0) is 12.0. The van der Waals surface area contributed by atoms with Gasteiger partial charge in [-0.1, -0.05) is 0 Å². The van der Waals surface area contributed by atoms with Crippen LogP contribution >= 0.6 is 15.9 Å². The van der Waals surface area contributed by atoms with Gasteiger partial charge in [0.1, 0.15) is 6.61 Å². The monoisotopic (exact) mass is 296 g/mol. The van der Waals surface area contributed by atoms with Crippen LogP contribution in [0.1, 0.15) is 17.5 Å². The van der Waals surface area contributed by atoms with Crippen molar-refractivity contribution in [1.82, 2.24) is 9.88 Å². The summed E-state index contributed by atoms with van der Waals surface area (Å²) in [6.45, 7) is 0.494. The number of rotatable bonds is 0. The molecule has 1 fully saturated rings. The van der Waals surface area contributed by atoms with Crippen molar-refractivity contribution in [2.24, 2.45) is 0 Å². The third-order valence-corrected chi connectivity index (χ3v) is 4.59. The number of hydrogen-bond donors (Lipinski definition) is 0. The van der Waals surface area contributed by atoms with Gasteiger partial charge in [-0.25, -0.2) is 4.79 Å². The third kappa shape index (κ3) is 1.56. The first kappa shape index (κ1) is 11.0. The first-order valence-electron chi connectivity index (χ1n) is 5.64. The van der Waals surface area contributed by atoms with E-state index in [0.29, 0.717) is 6.61 Å². The molecule has 3 rings (SSSR count). The average molecular weight is 297 g/mol. The molecular formula is C12H13BrN2O2. The molecule has 1 aromatic heterocycles. The Labute approximate surface area is 108 Å². The van der Waals surface area contributed by atoms with Crippen molar-refractivity contribution in [3.63, 3.8) is 0 Å². The van der Waals surface area contributed by atoms with Crippen LogP contribution in [-0.2, 0) is 17.6 Å². The number of halogens is 1. The molecule has 0 aromatic carbocycles. The van der Waals surface area contributed by atoms with Gasteiger partial charge in [0, 0.05) is 30.3 Å². The number of carbonyl (C=O) groups excluding carboxylic acids is 1. The van der Waals surface area contributed by atoms with Crippen LogP contribution in [0.5, 0.6) is 0 Å². The molecule has 0 N–H and O–H groups in total. The van der Waals surface area contributed by atoms with Gasteiger partial charge >= 0.3 is 6.09 Å². The van der Waals surface area contributed by atoms with Crippen LogP contribution in [0, 0.1) is 0 Å². The zero-order valence-corrected chi connectivity index (χ0v) is 11.2. The number of amides is 1. The molecule has 0 radical (unpaired) electrons. The fourth-order valence-electron chi connectivity index (χ4n) is 2.73. The Bertz CT molecular complexity index is 491. The number of pyridine rings is 1. The number of carbonyl (C=O) groups is 1. The molecule has 1 saturated heterocycles. The summed E-state index contributed by atoms with van der Waals surface area (Å²) in [6.07, 6.45) is 6.26. The van der Waals surface area contributed by atoms with Crippen LogP contribution in [0.25, 0.3) is 0 Å². The predicted octanol–water partition coefficient (Wildman–Crippen LogP) is 2.15. The maximum Gasteiger partial charge on any atom is 0.410 e. The van der Waals surface area contributed by atoms with Crippen molar-refractivity contribution in [1.29, 1.82) is 0 Å². The van der Waals surface area contributed by atoms with Gasteiger partial charge in [-0.3, -0.25) is 4.98 Å². The van der Waals surface area contributed by atoms with Gasteiger partial charge in [-0.15, -0.1) is 0 Å². The summed E-state index contributed by atoms with van der Waals surface area (Å²) in [5.74, 6) is 0. The molecule has 1 atom stereocenters. The van der Waals surface area contributed by atoms with Gasteiger partial charge in [0.05, 0.1) is 5.54 Å². The van der Waals surface area contributed by atoms with Crippen LogP contribution in [-0.4, -0.2) is 35.2 Å². The van der Waals surface area contributed by atoms with Gasteiger partial charge in [-0.05, 0) is 39.9 Å². The van der Waals surface area contributed by atoms with Gasteiger partial charge in [-0.2, -0.15) is 0 Å². The lowest BCUT2D eigenvalue weighted by atomic mass is 9.79. The first-order valence-corrected chi connectivity index (χ1v) is 6.43. The molecule has 1 aliphatic carbocycles. The summed E-state index contributed by atoms with van der Waals surface area (Å²) >= 11 is 3.53.